The van der Waals surface area contributed by atoms with E-state index in [0.717, 1.165) is 25.2 Å². The summed E-state index contributed by atoms with van der Waals surface area (Å²) in [5, 5.41) is 0. The van der Waals surface area contributed by atoms with Crippen molar-refractivity contribution < 1.29 is 4.74 Å². The Labute approximate surface area is 180 Å². The normalized spacial score (nSPS) is 18.1. The number of pyridine rings is 1. The quantitative estimate of drug-likeness (QED) is 0.490. The van der Waals surface area contributed by atoms with E-state index in [1.807, 2.05) is 6.07 Å². The molecule has 1 aliphatic heterocycles. The molecule has 0 fully saturated rings. The molecule has 3 aromatic rings. The van der Waals surface area contributed by atoms with Gasteiger partial charge in [0.25, 0.3) is 0 Å². The molecule has 0 N–H and O–H groups in total. The predicted octanol–water partition coefficient (Wildman–Crippen LogP) is 5.62. The highest BCUT2D eigenvalue weighted by molar-refractivity contribution is 5.62. The molecule has 0 spiro atoms. The van der Waals surface area contributed by atoms with Crippen LogP contribution in [0.4, 0.5) is 5.69 Å². The van der Waals surface area contributed by atoms with Crippen molar-refractivity contribution in [3.8, 4) is 0 Å². The molecule has 4 rings (SSSR count). The lowest BCUT2D eigenvalue weighted by Crippen LogP contribution is -2.36. The van der Waals surface area contributed by atoms with E-state index in [1.165, 1.54) is 22.4 Å². The van der Waals surface area contributed by atoms with Crippen LogP contribution in [-0.2, 0) is 23.2 Å². The highest BCUT2D eigenvalue weighted by Crippen LogP contribution is 2.41. The molecule has 2 aromatic carbocycles. The summed E-state index contributed by atoms with van der Waals surface area (Å²) in [5.41, 5.74) is 6.24. The maximum atomic E-state index is 6.19. The van der Waals surface area contributed by atoms with Crippen LogP contribution in [0.15, 0.2) is 72.9 Å². The van der Waals surface area contributed by atoms with Crippen molar-refractivity contribution in [2.24, 2.45) is 5.92 Å². The van der Waals surface area contributed by atoms with E-state index in [4.69, 9.17) is 9.72 Å². The molecule has 0 aliphatic carbocycles. The summed E-state index contributed by atoms with van der Waals surface area (Å²) in [4.78, 5) is 7.37. The van der Waals surface area contributed by atoms with E-state index in [1.54, 1.807) is 0 Å². The lowest BCUT2D eigenvalue weighted by atomic mass is 9.86. The molecule has 1 aliphatic rings. The molecule has 3 heteroatoms. The van der Waals surface area contributed by atoms with Crippen molar-refractivity contribution in [3.63, 3.8) is 0 Å². The average Bonchev–Trinajstić information content (AvgIpc) is 3.00. The minimum atomic E-state index is -0.0444. The topological polar surface area (TPSA) is 25.4 Å². The smallest absolute Gasteiger partial charge is 0.0717 e. The van der Waals surface area contributed by atoms with Crippen LogP contribution in [0, 0.1) is 5.92 Å². The van der Waals surface area contributed by atoms with Gasteiger partial charge in [-0.2, -0.15) is 0 Å². The number of hydrogen-bond acceptors (Lipinski definition) is 3. The molecular weight excluding hydrogens is 368 g/mol. The van der Waals surface area contributed by atoms with Crippen LogP contribution in [0.5, 0.6) is 0 Å². The second kappa shape index (κ2) is 9.01. The summed E-state index contributed by atoms with van der Waals surface area (Å²) >= 11 is 0. The van der Waals surface area contributed by atoms with Gasteiger partial charge in [-0.1, -0.05) is 81.4 Å². The third kappa shape index (κ3) is 4.73. The summed E-state index contributed by atoms with van der Waals surface area (Å²) in [5.74, 6) is 0.608. The molecule has 1 aromatic heterocycles. The number of hydrogen-bond donors (Lipinski definition) is 0. The van der Waals surface area contributed by atoms with E-state index in [2.05, 4.69) is 92.5 Å². The number of fused-ring (bicyclic) bond motifs is 1. The molecule has 30 heavy (non-hydrogen) atoms. The van der Waals surface area contributed by atoms with Crippen molar-refractivity contribution >= 4 is 5.69 Å². The fourth-order valence-corrected chi connectivity index (χ4v) is 4.40. The van der Waals surface area contributed by atoms with Crippen molar-refractivity contribution in [1.82, 2.24) is 4.98 Å². The van der Waals surface area contributed by atoms with Crippen LogP contribution in [0.25, 0.3) is 0 Å². The molecule has 2 heterocycles. The van der Waals surface area contributed by atoms with E-state index in [9.17, 15) is 0 Å². The lowest BCUT2D eigenvalue weighted by molar-refractivity contribution is 0.0811. The first kappa shape index (κ1) is 20.6. The Kier molecular flexibility index (Phi) is 6.19. The number of nitrogens with zero attached hydrogens (tertiary/aromatic N) is 2. The Morgan fingerprint density at radius 2 is 1.67 bits per heavy atom. The summed E-state index contributed by atoms with van der Waals surface area (Å²) < 4.78 is 6.19. The SMILES string of the molecule is CC(C)CN1CC(C)(COCc2ccccc2)c2cnc(Cc3ccccc3)cc21. The molecule has 0 saturated carbocycles. The second-order valence-corrected chi connectivity index (χ2v) is 9.17. The minimum Gasteiger partial charge on any atom is -0.376 e. The molecule has 0 amide bonds. The first-order valence-electron chi connectivity index (χ1n) is 10.9. The van der Waals surface area contributed by atoms with Gasteiger partial charge in [0.15, 0.2) is 0 Å². The molecule has 1 unspecified atom stereocenters. The Morgan fingerprint density at radius 3 is 2.33 bits per heavy atom. The van der Waals surface area contributed by atoms with Gasteiger partial charge in [-0.15, -0.1) is 0 Å². The number of ether oxygens (including phenoxy) is 1. The van der Waals surface area contributed by atoms with E-state index in [0.29, 0.717) is 19.1 Å². The molecule has 3 nitrogen and oxygen atoms in total. The average molecular weight is 401 g/mol. The Bertz CT molecular complexity index is 955. The number of rotatable bonds is 8. The zero-order chi connectivity index (χ0) is 21.0. The van der Waals surface area contributed by atoms with Gasteiger partial charge < -0.3 is 9.64 Å². The fraction of sp³-hybridized carbons (Fsp3) is 0.370. The lowest BCUT2D eigenvalue weighted by Gasteiger charge is -2.27. The molecule has 0 radical (unpaired) electrons. The van der Waals surface area contributed by atoms with E-state index >= 15 is 0 Å². The third-order valence-electron chi connectivity index (χ3n) is 5.82. The number of anilines is 1. The van der Waals surface area contributed by atoms with Crippen LogP contribution in [0.3, 0.4) is 0 Å². The summed E-state index contributed by atoms with van der Waals surface area (Å²) in [7, 11) is 0. The maximum absolute atomic E-state index is 6.19. The van der Waals surface area contributed by atoms with Crippen molar-refractivity contribution in [2.45, 2.75) is 39.2 Å². The van der Waals surface area contributed by atoms with Gasteiger partial charge in [0.1, 0.15) is 0 Å². The third-order valence-corrected chi connectivity index (χ3v) is 5.82. The van der Waals surface area contributed by atoms with Crippen molar-refractivity contribution in [1.29, 1.82) is 0 Å². The number of aromatic nitrogens is 1. The molecule has 1 atom stereocenters. The zero-order valence-electron chi connectivity index (χ0n) is 18.3. The Morgan fingerprint density at radius 1 is 1.00 bits per heavy atom. The van der Waals surface area contributed by atoms with Gasteiger partial charge in [-0.05, 0) is 23.1 Å². The largest absolute Gasteiger partial charge is 0.376 e. The molecule has 0 saturated heterocycles. The minimum absolute atomic E-state index is 0.0444. The van der Waals surface area contributed by atoms with E-state index in [-0.39, 0.29) is 5.41 Å². The standard InChI is InChI=1S/C27H32N2O/c1-21(2)17-29-19-27(3,20-30-18-23-12-8-5-9-13-23)25-16-28-24(15-26(25)29)14-22-10-6-4-7-11-22/h4-13,15-16,21H,14,17-20H2,1-3H3. The van der Waals surface area contributed by atoms with Crippen LogP contribution >= 0.6 is 0 Å². The molecule has 0 bridgehead atoms. The van der Waals surface area contributed by atoms with Crippen LogP contribution in [0.1, 0.15) is 43.2 Å². The van der Waals surface area contributed by atoms with E-state index < -0.39 is 0 Å². The predicted molar refractivity (Wildman–Crippen MR) is 124 cm³/mol. The van der Waals surface area contributed by atoms with Gasteiger partial charge in [0, 0.05) is 48.1 Å². The van der Waals surface area contributed by atoms with Crippen LogP contribution in [0.2, 0.25) is 0 Å². The van der Waals surface area contributed by atoms with Crippen molar-refractivity contribution in [3.05, 3.63) is 95.3 Å². The van der Waals surface area contributed by atoms with Crippen molar-refractivity contribution in [2.75, 3.05) is 24.6 Å². The maximum Gasteiger partial charge on any atom is 0.0717 e. The first-order valence-corrected chi connectivity index (χ1v) is 10.9. The highest BCUT2D eigenvalue weighted by atomic mass is 16.5. The summed E-state index contributed by atoms with van der Waals surface area (Å²) in [6, 6.07) is 23.3. The van der Waals surface area contributed by atoms with Gasteiger partial charge in [-0.25, -0.2) is 0 Å². The monoisotopic (exact) mass is 400 g/mol. The Hall–Kier alpha value is -2.65. The van der Waals surface area contributed by atoms with Crippen LogP contribution in [-0.4, -0.2) is 24.7 Å². The fourth-order valence-electron chi connectivity index (χ4n) is 4.40. The molecular formula is C27H32N2O. The summed E-state index contributed by atoms with van der Waals surface area (Å²) in [6.07, 6.45) is 2.96. The molecule has 156 valence electrons. The van der Waals surface area contributed by atoms with Gasteiger partial charge >= 0.3 is 0 Å². The van der Waals surface area contributed by atoms with Gasteiger partial charge in [-0.3, -0.25) is 4.98 Å². The highest BCUT2D eigenvalue weighted by Gasteiger charge is 2.39. The van der Waals surface area contributed by atoms with Gasteiger partial charge in [0.05, 0.1) is 13.2 Å². The zero-order valence-corrected chi connectivity index (χ0v) is 18.3. The first-order chi connectivity index (χ1) is 14.5. The summed E-state index contributed by atoms with van der Waals surface area (Å²) in [6.45, 7) is 10.3. The van der Waals surface area contributed by atoms with Crippen LogP contribution < -0.4 is 4.90 Å². The number of benzene rings is 2. The second-order valence-electron chi connectivity index (χ2n) is 9.17. The van der Waals surface area contributed by atoms with Gasteiger partial charge in [0.2, 0.25) is 0 Å². The Balaban J connectivity index is 1.54.